The lowest BCUT2D eigenvalue weighted by Crippen LogP contribution is -2.41. The molecule has 1 aliphatic heterocycles. The van der Waals surface area contributed by atoms with Crippen LogP contribution in [0.25, 0.3) is 0 Å². The molecule has 5 nitrogen and oxygen atoms in total. The Labute approximate surface area is 166 Å². The van der Waals surface area contributed by atoms with E-state index < -0.39 is 24.7 Å². The summed E-state index contributed by atoms with van der Waals surface area (Å²) in [5, 5.41) is 7.80. The lowest BCUT2D eigenvalue weighted by Gasteiger charge is -2.23. The second-order valence-corrected chi connectivity index (χ2v) is 7.02. The van der Waals surface area contributed by atoms with Crippen molar-refractivity contribution in [2.24, 2.45) is 0 Å². The molecule has 0 radical (unpaired) electrons. The van der Waals surface area contributed by atoms with Gasteiger partial charge in [-0.1, -0.05) is 42.5 Å². The minimum Gasteiger partial charge on any atom is -0.348 e. The summed E-state index contributed by atoms with van der Waals surface area (Å²) in [6.45, 7) is 1.30. The molecule has 2 atom stereocenters. The van der Waals surface area contributed by atoms with Crippen molar-refractivity contribution in [2.45, 2.75) is 38.0 Å². The zero-order valence-corrected chi connectivity index (χ0v) is 15.8. The van der Waals surface area contributed by atoms with Crippen molar-refractivity contribution in [1.82, 2.24) is 10.6 Å². The first-order valence-corrected chi connectivity index (χ1v) is 9.31. The van der Waals surface area contributed by atoms with E-state index in [1.54, 1.807) is 25.1 Å². The molecule has 0 spiro atoms. The molecule has 2 unspecified atom stereocenters. The SMILES string of the molecule is CC(NC(=O)CNC(c1ccccc1)C(F)(F)F)c1ccc2c(c1)CCC(=O)N2. The maximum atomic E-state index is 13.3. The Kier molecular flexibility index (Phi) is 6.22. The lowest BCUT2D eigenvalue weighted by molar-refractivity contribution is -0.158. The normalized spacial score (nSPS) is 15.8. The Bertz CT molecular complexity index is 884. The van der Waals surface area contributed by atoms with Crippen molar-refractivity contribution in [3.8, 4) is 0 Å². The van der Waals surface area contributed by atoms with Crippen LogP contribution in [0.4, 0.5) is 18.9 Å². The number of nitrogens with one attached hydrogen (secondary N) is 3. The van der Waals surface area contributed by atoms with E-state index >= 15 is 0 Å². The van der Waals surface area contributed by atoms with E-state index in [0.717, 1.165) is 16.8 Å². The van der Waals surface area contributed by atoms with Crippen LogP contribution < -0.4 is 16.0 Å². The first kappa shape index (κ1) is 20.9. The van der Waals surface area contributed by atoms with Gasteiger partial charge in [-0.3, -0.25) is 14.9 Å². The zero-order valence-electron chi connectivity index (χ0n) is 15.8. The van der Waals surface area contributed by atoms with Gasteiger partial charge in [0.2, 0.25) is 11.8 Å². The fourth-order valence-electron chi connectivity index (χ4n) is 3.31. The number of aryl methyl sites for hydroxylation is 1. The molecule has 29 heavy (non-hydrogen) atoms. The Morgan fingerprint density at radius 3 is 2.52 bits per heavy atom. The average Bonchev–Trinajstić information content (AvgIpc) is 2.67. The third kappa shape index (κ3) is 5.35. The van der Waals surface area contributed by atoms with E-state index in [-0.39, 0.29) is 17.5 Å². The lowest BCUT2D eigenvalue weighted by atomic mass is 9.98. The van der Waals surface area contributed by atoms with Crippen molar-refractivity contribution in [2.75, 3.05) is 11.9 Å². The molecule has 0 bridgehead atoms. The van der Waals surface area contributed by atoms with Gasteiger partial charge in [0.05, 0.1) is 12.6 Å². The fourth-order valence-corrected chi connectivity index (χ4v) is 3.31. The molecule has 3 N–H and O–H groups in total. The van der Waals surface area contributed by atoms with Crippen molar-refractivity contribution in [3.05, 3.63) is 65.2 Å². The van der Waals surface area contributed by atoms with E-state index in [1.165, 1.54) is 24.3 Å². The summed E-state index contributed by atoms with van der Waals surface area (Å²) in [5.74, 6) is -0.566. The van der Waals surface area contributed by atoms with Crippen LogP contribution in [-0.2, 0) is 16.0 Å². The fraction of sp³-hybridized carbons (Fsp3) is 0.333. The number of amides is 2. The van der Waals surface area contributed by atoms with Crippen LogP contribution in [0, 0.1) is 0 Å². The Morgan fingerprint density at radius 2 is 1.83 bits per heavy atom. The highest BCUT2D eigenvalue weighted by molar-refractivity contribution is 5.93. The molecule has 2 amide bonds. The minimum absolute atomic E-state index is 0.0321. The molecule has 8 heteroatoms. The van der Waals surface area contributed by atoms with E-state index in [0.29, 0.717) is 12.8 Å². The number of carbonyl (C=O) groups excluding carboxylic acids is 2. The smallest absolute Gasteiger partial charge is 0.348 e. The summed E-state index contributed by atoms with van der Waals surface area (Å²) in [6.07, 6.45) is -3.50. The number of rotatable bonds is 6. The molecular formula is C21H22F3N3O2. The Balaban J connectivity index is 1.60. The van der Waals surface area contributed by atoms with Gasteiger partial charge in [-0.15, -0.1) is 0 Å². The van der Waals surface area contributed by atoms with Crippen LogP contribution in [0.3, 0.4) is 0 Å². The predicted molar refractivity (Wildman–Crippen MR) is 103 cm³/mol. The van der Waals surface area contributed by atoms with Crippen LogP contribution in [0.15, 0.2) is 48.5 Å². The van der Waals surface area contributed by atoms with Crippen LogP contribution >= 0.6 is 0 Å². The second-order valence-electron chi connectivity index (χ2n) is 7.02. The molecule has 2 aromatic carbocycles. The van der Waals surface area contributed by atoms with E-state index in [1.807, 2.05) is 6.07 Å². The molecule has 0 saturated carbocycles. The molecule has 1 heterocycles. The molecule has 154 valence electrons. The maximum absolute atomic E-state index is 13.3. The third-order valence-electron chi connectivity index (χ3n) is 4.83. The summed E-state index contributed by atoms with van der Waals surface area (Å²) in [5.41, 5.74) is 2.60. The summed E-state index contributed by atoms with van der Waals surface area (Å²) in [6, 6.07) is 10.6. The number of benzene rings is 2. The number of fused-ring (bicyclic) bond motifs is 1. The van der Waals surface area contributed by atoms with Crippen LogP contribution in [0.1, 0.15) is 42.1 Å². The first-order valence-electron chi connectivity index (χ1n) is 9.31. The summed E-state index contributed by atoms with van der Waals surface area (Å²) in [4.78, 5) is 23.7. The number of hydrogen-bond acceptors (Lipinski definition) is 3. The molecule has 0 aromatic heterocycles. The molecule has 1 aliphatic rings. The molecule has 0 aliphatic carbocycles. The van der Waals surface area contributed by atoms with Gasteiger partial charge in [0, 0.05) is 12.1 Å². The van der Waals surface area contributed by atoms with Crippen LogP contribution in [0.2, 0.25) is 0 Å². The largest absolute Gasteiger partial charge is 0.407 e. The number of halogens is 3. The highest BCUT2D eigenvalue weighted by Crippen LogP contribution is 2.32. The van der Waals surface area contributed by atoms with Crippen molar-refractivity contribution < 1.29 is 22.8 Å². The van der Waals surface area contributed by atoms with Crippen molar-refractivity contribution >= 4 is 17.5 Å². The van der Waals surface area contributed by atoms with Gasteiger partial charge in [0.25, 0.3) is 0 Å². The summed E-state index contributed by atoms with van der Waals surface area (Å²) in [7, 11) is 0. The Hall–Kier alpha value is -2.87. The van der Waals surface area contributed by atoms with Gasteiger partial charge in [-0.2, -0.15) is 13.2 Å². The summed E-state index contributed by atoms with van der Waals surface area (Å²) < 4.78 is 40.0. The molecular weight excluding hydrogens is 383 g/mol. The van der Waals surface area contributed by atoms with Gasteiger partial charge in [0.1, 0.15) is 6.04 Å². The van der Waals surface area contributed by atoms with Gasteiger partial charge < -0.3 is 10.6 Å². The zero-order chi connectivity index (χ0) is 21.0. The van der Waals surface area contributed by atoms with Crippen molar-refractivity contribution in [3.63, 3.8) is 0 Å². The number of anilines is 1. The van der Waals surface area contributed by atoms with Crippen molar-refractivity contribution in [1.29, 1.82) is 0 Å². The second kappa shape index (κ2) is 8.65. The molecule has 0 fully saturated rings. The van der Waals surface area contributed by atoms with Gasteiger partial charge in [-0.25, -0.2) is 0 Å². The molecule has 3 rings (SSSR count). The minimum atomic E-state index is -4.52. The van der Waals surface area contributed by atoms with E-state index in [9.17, 15) is 22.8 Å². The van der Waals surface area contributed by atoms with E-state index in [2.05, 4.69) is 16.0 Å². The monoisotopic (exact) mass is 405 g/mol. The topological polar surface area (TPSA) is 70.2 Å². The number of carbonyl (C=O) groups is 2. The number of hydrogen-bond donors (Lipinski definition) is 3. The average molecular weight is 405 g/mol. The van der Waals surface area contributed by atoms with E-state index in [4.69, 9.17) is 0 Å². The molecule has 2 aromatic rings. The van der Waals surface area contributed by atoms with Gasteiger partial charge in [-0.05, 0) is 36.1 Å². The Morgan fingerprint density at radius 1 is 1.10 bits per heavy atom. The third-order valence-corrected chi connectivity index (χ3v) is 4.83. The maximum Gasteiger partial charge on any atom is 0.407 e. The quantitative estimate of drug-likeness (QED) is 0.687. The highest BCUT2D eigenvalue weighted by Gasteiger charge is 2.40. The first-order chi connectivity index (χ1) is 13.7. The number of alkyl halides is 3. The van der Waals surface area contributed by atoms with Crippen LogP contribution in [-0.4, -0.2) is 24.5 Å². The van der Waals surface area contributed by atoms with Gasteiger partial charge >= 0.3 is 6.18 Å². The predicted octanol–water partition coefficient (Wildman–Crippen LogP) is 3.64. The van der Waals surface area contributed by atoms with Gasteiger partial charge in [0.15, 0.2) is 0 Å². The highest BCUT2D eigenvalue weighted by atomic mass is 19.4. The summed E-state index contributed by atoms with van der Waals surface area (Å²) >= 11 is 0. The van der Waals surface area contributed by atoms with Crippen LogP contribution in [0.5, 0.6) is 0 Å². The standard InChI is InChI=1S/C21H22F3N3O2/c1-13(15-7-9-17-16(11-15)8-10-18(28)27-17)26-19(29)12-25-20(21(22,23)24)14-5-3-2-4-6-14/h2-7,9,11,13,20,25H,8,10,12H2,1H3,(H,26,29)(H,27,28). The molecule has 0 saturated heterocycles.